The first kappa shape index (κ1) is 21.2. The summed E-state index contributed by atoms with van der Waals surface area (Å²) in [7, 11) is 0. The van der Waals surface area contributed by atoms with Crippen LogP contribution in [0.3, 0.4) is 0 Å². The molecule has 0 bridgehead atoms. The fraction of sp³-hybridized carbons (Fsp3) is 0.120. The van der Waals surface area contributed by atoms with E-state index in [2.05, 4.69) is 10.5 Å². The molecule has 1 aromatic heterocycles. The largest absolute Gasteiger partial charge is 0.508 e. The Labute approximate surface area is 194 Å². The quantitative estimate of drug-likeness (QED) is 0.340. The third-order valence-electron chi connectivity index (χ3n) is 5.86. The maximum atomic E-state index is 13.6. The van der Waals surface area contributed by atoms with E-state index in [1.165, 1.54) is 22.0 Å². The van der Waals surface area contributed by atoms with Crippen molar-refractivity contribution in [1.82, 2.24) is 20.2 Å². The van der Waals surface area contributed by atoms with Gasteiger partial charge in [-0.3, -0.25) is 25.0 Å². The van der Waals surface area contributed by atoms with Crippen molar-refractivity contribution in [3.63, 3.8) is 0 Å². The van der Waals surface area contributed by atoms with Gasteiger partial charge in [0.25, 0.3) is 0 Å². The lowest BCUT2D eigenvalue weighted by molar-refractivity contribution is -0.385. The minimum atomic E-state index is -0.714. The van der Waals surface area contributed by atoms with E-state index in [-0.39, 0.29) is 17.1 Å². The summed E-state index contributed by atoms with van der Waals surface area (Å²) in [5.41, 5.74) is 4.48. The fourth-order valence-corrected chi connectivity index (χ4v) is 4.20. The molecule has 0 saturated carbocycles. The lowest BCUT2D eigenvalue weighted by Gasteiger charge is -2.25. The number of carbonyl (C=O) groups excluding carboxylic acids is 1. The van der Waals surface area contributed by atoms with Crippen molar-refractivity contribution in [3.8, 4) is 5.75 Å². The molecular formula is C25H21N5O4. The monoisotopic (exact) mass is 455 g/mol. The Balaban J connectivity index is 1.63. The van der Waals surface area contributed by atoms with Crippen molar-refractivity contribution in [2.45, 2.75) is 19.5 Å². The highest BCUT2D eigenvalue weighted by Crippen LogP contribution is 2.38. The number of aryl methyl sites for hydroxylation is 1. The Kier molecular flexibility index (Phi) is 5.21. The molecule has 0 fully saturated rings. The highest BCUT2D eigenvalue weighted by molar-refractivity contribution is 5.99. The molecule has 2 N–H and O–H groups in total. The van der Waals surface area contributed by atoms with Crippen LogP contribution >= 0.6 is 0 Å². The van der Waals surface area contributed by atoms with Gasteiger partial charge >= 0.3 is 11.6 Å². The molecule has 2 heterocycles. The smallest absolute Gasteiger partial charge is 0.320 e. The molecule has 0 aliphatic carbocycles. The summed E-state index contributed by atoms with van der Waals surface area (Å²) < 4.78 is 1.36. The number of hydrogen-bond acceptors (Lipinski definition) is 6. The molecule has 9 heteroatoms. The minimum absolute atomic E-state index is 0.0103. The molecule has 1 unspecified atom stereocenters. The summed E-state index contributed by atoms with van der Waals surface area (Å²) in [4.78, 5) is 24.6. The van der Waals surface area contributed by atoms with Crippen LogP contribution in [0.2, 0.25) is 0 Å². The van der Waals surface area contributed by atoms with E-state index in [0.717, 1.165) is 16.3 Å². The van der Waals surface area contributed by atoms with E-state index >= 15 is 0 Å². The molecule has 34 heavy (non-hydrogen) atoms. The number of amides is 1. The van der Waals surface area contributed by atoms with Gasteiger partial charge in [-0.1, -0.05) is 60.7 Å². The number of benzene rings is 3. The molecule has 4 aromatic rings. The number of phenolic OH excluding ortho intramolecular Hbond substituents is 1. The zero-order chi connectivity index (χ0) is 23.8. The predicted octanol–water partition coefficient (Wildman–Crippen LogP) is 4.41. The van der Waals surface area contributed by atoms with E-state index in [1.807, 2.05) is 48.5 Å². The first-order chi connectivity index (χ1) is 16.5. The fourth-order valence-electron chi connectivity index (χ4n) is 4.20. The second-order valence-electron chi connectivity index (χ2n) is 7.87. The zero-order valence-corrected chi connectivity index (χ0v) is 18.3. The van der Waals surface area contributed by atoms with E-state index in [0.29, 0.717) is 17.8 Å². The summed E-state index contributed by atoms with van der Waals surface area (Å²) >= 11 is 0. The maximum Gasteiger partial charge on any atom is 0.320 e. The summed E-state index contributed by atoms with van der Waals surface area (Å²) in [5, 5.41) is 29.6. The normalized spacial score (nSPS) is 15.3. The number of nitrogens with zero attached hydrogens (tertiary/aromatic N) is 4. The second-order valence-corrected chi connectivity index (χ2v) is 7.87. The van der Waals surface area contributed by atoms with E-state index < -0.39 is 16.9 Å². The highest BCUT2D eigenvalue weighted by Gasteiger charge is 2.37. The molecule has 3 aromatic carbocycles. The van der Waals surface area contributed by atoms with Crippen molar-refractivity contribution < 1.29 is 14.8 Å². The lowest BCUT2D eigenvalue weighted by Crippen LogP contribution is -2.40. The summed E-state index contributed by atoms with van der Waals surface area (Å²) in [6, 6.07) is 19.7. The Morgan fingerprint density at radius 3 is 2.62 bits per heavy atom. The Morgan fingerprint density at radius 1 is 1.12 bits per heavy atom. The van der Waals surface area contributed by atoms with E-state index in [4.69, 9.17) is 0 Å². The number of hydrogen-bond donors (Lipinski definition) is 2. The van der Waals surface area contributed by atoms with Crippen molar-refractivity contribution in [2.75, 3.05) is 0 Å². The van der Waals surface area contributed by atoms with Gasteiger partial charge in [-0.15, -0.1) is 0 Å². The van der Waals surface area contributed by atoms with E-state index in [1.54, 1.807) is 25.1 Å². The van der Waals surface area contributed by atoms with Gasteiger partial charge in [0.2, 0.25) is 5.69 Å². The van der Waals surface area contributed by atoms with Crippen LogP contribution < -0.4 is 5.43 Å². The van der Waals surface area contributed by atoms with Crippen molar-refractivity contribution in [1.29, 1.82) is 0 Å². The van der Waals surface area contributed by atoms with Crippen LogP contribution in [0.25, 0.3) is 16.5 Å². The first-order valence-electron chi connectivity index (χ1n) is 10.8. The number of para-hydroxylation sites is 1. The maximum absolute atomic E-state index is 13.6. The van der Waals surface area contributed by atoms with Crippen LogP contribution in [0.5, 0.6) is 5.75 Å². The topological polar surface area (TPSA) is 114 Å². The van der Waals surface area contributed by atoms with Crippen LogP contribution in [0.1, 0.15) is 34.6 Å². The minimum Gasteiger partial charge on any atom is -0.508 e. The molecule has 0 radical (unpaired) electrons. The van der Waals surface area contributed by atoms with Crippen LogP contribution in [-0.2, 0) is 6.54 Å². The lowest BCUT2D eigenvalue weighted by atomic mass is 10.00. The Morgan fingerprint density at radius 2 is 1.85 bits per heavy atom. The highest BCUT2D eigenvalue weighted by atomic mass is 16.6. The Bertz CT molecular complexity index is 1450. The third kappa shape index (κ3) is 3.53. The van der Waals surface area contributed by atoms with Crippen molar-refractivity contribution in [2.24, 2.45) is 0 Å². The summed E-state index contributed by atoms with van der Waals surface area (Å²) in [6.07, 6.45) is 3.08. The number of nitrogens with one attached hydrogen (secondary N) is 1. The van der Waals surface area contributed by atoms with Gasteiger partial charge in [0, 0.05) is 17.7 Å². The predicted molar refractivity (Wildman–Crippen MR) is 127 cm³/mol. The van der Waals surface area contributed by atoms with Gasteiger partial charge < -0.3 is 5.11 Å². The third-order valence-corrected chi connectivity index (χ3v) is 5.86. The first-order valence-corrected chi connectivity index (χ1v) is 10.8. The number of phenols is 1. The van der Waals surface area contributed by atoms with Gasteiger partial charge in [0.1, 0.15) is 18.0 Å². The molecule has 1 aliphatic heterocycles. The molecule has 0 saturated heterocycles. The number of aromatic nitrogens is 2. The molecule has 170 valence electrons. The van der Waals surface area contributed by atoms with Crippen LogP contribution in [0, 0.1) is 10.1 Å². The van der Waals surface area contributed by atoms with Crippen LogP contribution in [-0.4, -0.2) is 30.7 Å². The van der Waals surface area contributed by atoms with Crippen LogP contribution in [0.4, 0.5) is 5.69 Å². The molecule has 1 amide bonds. The zero-order valence-electron chi connectivity index (χ0n) is 18.3. The molecular weight excluding hydrogens is 434 g/mol. The van der Waals surface area contributed by atoms with Gasteiger partial charge in [-0.2, -0.15) is 5.10 Å². The average Bonchev–Trinajstić information content (AvgIpc) is 3.49. The number of rotatable bonds is 5. The summed E-state index contributed by atoms with van der Waals surface area (Å²) in [5.74, 6) is -0.658. The average molecular weight is 455 g/mol. The number of carbonyl (C=O) groups is 1. The molecule has 0 spiro atoms. The van der Waals surface area contributed by atoms with Crippen molar-refractivity contribution >= 4 is 28.1 Å². The molecule has 5 rings (SSSR count). The second kappa shape index (κ2) is 8.36. The number of nitro groups is 1. The number of aromatic hydroxyl groups is 1. The molecule has 9 nitrogen and oxygen atoms in total. The van der Waals surface area contributed by atoms with Gasteiger partial charge in [0.15, 0.2) is 0 Å². The standard InChI is InChI=1S/C25H21N5O4/c1-2-28-15-22(30(33)34)24(27-28)25(32)29-21(19-11-5-6-13-23(19)31)14-20(26-29)18-12-7-9-16-8-3-4-10-17(16)18/h3-15,21,26,31H,2H2,1H3. The molecule has 1 aliphatic rings. The van der Waals surface area contributed by atoms with Gasteiger partial charge in [-0.25, -0.2) is 5.01 Å². The van der Waals surface area contributed by atoms with Crippen molar-refractivity contribution in [3.05, 3.63) is 106 Å². The number of hydrazine groups is 1. The summed E-state index contributed by atoms with van der Waals surface area (Å²) in [6.45, 7) is 2.16. The SMILES string of the molecule is CCn1cc([N+](=O)[O-])c(C(=O)N2NC(c3cccc4ccccc34)=CC2c2ccccc2O)n1. The molecule has 1 atom stereocenters. The van der Waals surface area contributed by atoms with Crippen LogP contribution in [0.15, 0.2) is 79.0 Å². The van der Waals surface area contributed by atoms with E-state index in [9.17, 15) is 20.0 Å². The van der Waals surface area contributed by atoms with Gasteiger partial charge in [0.05, 0.1) is 10.6 Å². The van der Waals surface area contributed by atoms with Gasteiger partial charge in [-0.05, 0) is 29.8 Å². The Hall–Kier alpha value is -4.66. The number of fused-ring (bicyclic) bond motifs is 1.